The summed E-state index contributed by atoms with van der Waals surface area (Å²) in [7, 11) is 1.63. The average molecular weight is 481 g/mol. The van der Waals surface area contributed by atoms with Gasteiger partial charge in [-0.3, -0.25) is 9.78 Å². The Balaban J connectivity index is 1.33. The van der Waals surface area contributed by atoms with Crippen molar-refractivity contribution in [2.75, 3.05) is 18.9 Å². The van der Waals surface area contributed by atoms with Crippen LogP contribution in [-0.4, -0.2) is 49.2 Å². The van der Waals surface area contributed by atoms with E-state index in [1.807, 2.05) is 41.3 Å². The van der Waals surface area contributed by atoms with Crippen LogP contribution < -0.4 is 10.6 Å². The molecule has 36 heavy (non-hydrogen) atoms. The van der Waals surface area contributed by atoms with Crippen LogP contribution >= 0.6 is 0 Å². The van der Waals surface area contributed by atoms with Crippen LogP contribution in [0, 0.1) is 0 Å². The number of pyridine rings is 2. The molecule has 0 saturated carbocycles. The Morgan fingerprint density at radius 3 is 2.69 bits per heavy atom. The number of fused-ring (bicyclic) bond motifs is 2. The largest absolute Gasteiger partial charge is 0.370 e. The molecule has 0 spiro atoms. The van der Waals surface area contributed by atoms with Gasteiger partial charge in [-0.1, -0.05) is 18.2 Å². The summed E-state index contributed by atoms with van der Waals surface area (Å²) in [4.78, 5) is 30.2. The van der Waals surface area contributed by atoms with Crippen LogP contribution in [0.25, 0.3) is 33.2 Å². The van der Waals surface area contributed by atoms with E-state index < -0.39 is 0 Å². The second-order valence-electron chi connectivity index (χ2n) is 9.58. The van der Waals surface area contributed by atoms with Gasteiger partial charge in [0.25, 0.3) is 5.91 Å². The molecule has 0 atom stereocenters. The number of hydrogen-bond acceptors (Lipinski definition) is 7. The first-order valence-corrected chi connectivity index (χ1v) is 11.8. The third-order valence-corrected chi connectivity index (χ3v) is 6.03. The minimum atomic E-state index is -0.147. The highest BCUT2D eigenvalue weighted by Crippen LogP contribution is 2.25. The van der Waals surface area contributed by atoms with Crippen molar-refractivity contribution in [2.24, 2.45) is 0 Å². The number of amides is 1. The third-order valence-electron chi connectivity index (χ3n) is 6.03. The number of carbonyl (C=O) groups is 1. The van der Waals surface area contributed by atoms with Crippen molar-refractivity contribution < 1.29 is 4.79 Å². The molecule has 0 aliphatic rings. The van der Waals surface area contributed by atoms with Gasteiger partial charge in [0.1, 0.15) is 12.1 Å². The Bertz CT molecular complexity index is 1570. The lowest BCUT2D eigenvalue weighted by Gasteiger charge is -2.19. The number of benzene rings is 1. The van der Waals surface area contributed by atoms with Crippen LogP contribution in [0.4, 0.5) is 5.82 Å². The summed E-state index contributed by atoms with van der Waals surface area (Å²) in [5.74, 6) is 0.606. The van der Waals surface area contributed by atoms with Crippen LogP contribution in [0.2, 0.25) is 0 Å². The van der Waals surface area contributed by atoms with Gasteiger partial charge < -0.3 is 10.6 Å². The van der Waals surface area contributed by atoms with Crippen molar-refractivity contribution in [1.29, 1.82) is 0 Å². The molecule has 0 radical (unpaired) electrons. The van der Waals surface area contributed by atoms with Crippen molar-refractivity contribution in [3.8, 4) is 11.3 Å². The van der Waals surface area contributed by atoms with E-state index in [4.69, 9.17) is 0 Å². The molecule has 0 fully saturated rings. The number of hydrogen-bond donors (Lipinski definition) is 2. The molecule has 4 heterocycles. The first-order chi connectivity index (χ1) is 17.3. The van der Waals surface area contributed by atoms with E-state index in [0.29, 0.717) is 12.1 Å². The van der Waals surface area contributed by atoms with E-state index in [1.165, 1.54) is 0 Å². The van der Waals surface area contributed by atoms with Crippen molar-refractivity contribution >= 4 is 33.7 Å². The lowest BCUT2D eigenvalue weighted by atomic mass is 10.0. The minimum Gasteiger partial charge on any atom is -0.370 e. The molecule has 5 rings (SSSR count). The number of nitrogens with one attached hydrogen (secondary N) is 2. The molecule has 1 aromatic carbocycles. The van der Waals surface area contributed by atoms with Crippen LogP contribution in [0.3, 0.4) is 0 Å². The molecule has 0 unspecified atom stereocenters. The third kappa shape index (κ3) is 4.47. The lowest BCUT2D eigenvalue weighted by molar-refractivity contribution is 0.0964. The van der Waals surface area contributed by atoms with Crippen molar-refractivity contribution in [3.05, 3.63) is 72.4 Å². The summed E-state index contributed by atoms with van der Waals surface area (Å²) in [6.07, 6.45) is 7.61. The highest BCUT2D eigenvalue weighted by Gasteiger charge is 2.18. The van der Waals surface area contributed by atoms with E-state index in [-0.39, 0.29) is 11.4 Å². The lowest BCUT2D eigenvalue weighted by Crippen LogP contribution is -2.23. The quantitative estimate of drug-likeness (QED) is 0.375. The van der Waals surface area contributed by atoms with E-state index in [1.54, 1.807) is 25.6 Å². The van der Waals surface area contributed by atoms with Gasteiger partial charge in [0.15, 0.2) is 5.65 Å². The van der Waals surface area contributed by atoms with E-state index in [0.717, 1.165) is 51.0 Å². The normalized spacial score (nSPS) is 11.7. The predicted octanol–water partition coefficient (Wildman–Crippen LogP) is 4.21. The zero-order chi connectivity index (χ0) is 25.3. The summed E-state index contributed by atoms with van der Waals surface area (Å²) in [5, 5.41) is 12.4. The summed E-state index contributed by atoms with van der Waals surface area (Å²) in [6.45, 7) is 6.96. The molecule has 0 aliphatic heterocycles. The standard InChI is InChI=1S/C27H28N8O/c1-27(2,3)35-25-19(15-34-35)12-18(14-31-25)22-13-23(33-16-32-22)29-10-8-17-6-5-7-20-21(26(36)28-4)9-11-30-24(17)20/h5-7,9,11-16H,8,10H2,1-4H3,(H,28,36)(H,29,32,33). The minimum absolute atomic E-state index is 0.121. The van der Waals surface area contributed by atoms with Crippen LogP contribution in [0.5, 0.6) is 0 Å². The Kier molecular flexibility index (Phi) is 6.05. The fourth-order valence-electron chi connectivity index (χ4n) is 4.26. The fraction of sp³-hybridized carbons (Fsp3) is 0.259. The maximum absolute atomic E-state index is 12.2. The molecule has 9 nitrogen and oxygen atoms in total. The Labute approximate surface area is 209 Å². The fourth-order valence-corrected chi connectivity index (χ4v) is 4.26. The first kappa shape index (κ1) is 23.3. The molecule has 182 valence electrons. The number of rotatable bonds is 6. The van der Waals surface area contributed by atoms with Gasteiger partial charge in [-0.2, -0.15) is 5.10 Å². The van der Waals surface area contributed by atoms with Crippen molar-refractivity contribution in [2.45, 2.75) is 32.7 Å². The Morgan fingerprint density at radius 2 is 1.89 bits per heavy atom. The number of aromatic nitrogens is 6. The Hall–Kier alpha value is -4.40. The van der Waals surface area contributed by atoms with Gasteiger partial charge in [0.2, 0.25) is 0 Å². The monoisotopic (exact) mass is 480 g/mol. The summed E-state index contributed by atoms with van der Waals surface area (Å²) in [6, 6.07) is 11.6. The van der Waals surface area contributed by atoms with Gasteiger partial charge in [-0.15, -0.1) is 0 Å². The zero-order valence-corrected chi connectivity index (χ0v) is 20.8. The molecule has 0 aliphatic carbocycles. The van der Waals surface area contributed by atoms with Gasteiger partial charge in [-0.05, 0) is 44.9 Å². The number of para-hydroxylation sites is 1. The zero-order valence-electron chi connectivity index (χ0n) is 20.8. The molecule has 2 N–H and O–H groups in total. The molecular weight excluding hydrogens is 452 g/mol. The maximum atomic E-state index is 12.2. The van der Waals surface area contributed by atoms with Gasteiger partial charge >= 0.3 is 0 Å². The molecule has 5 aromatic rings. The Morgan fingerprint density at radius 1 is 1.03 bits per heavy atom. The molecule has 0 saturated heterocycles. The van der Waals surface area contributed by atoms with Crippen molar-refractivity contribution in [3.63, 3.8) is 0 Å². The second kappa shape index (κ2) is 9.33. The highest BCUT2D eigenvalue weighted by atomic mass is 16.1. The van der Waals surface area contributed by atoms with Gasteiger partial charge in [-0.25, -0.2) is 19.6 Å². The molecule has 4 aromatic heterocycles. The molecule has 9 heteroatoms. The van der Waals surface area contributed by atoms with Crippen LogP contribution in [0.1, 0.15) is 36.7 Å². The topological polar surface area (TPSA) is 111 Å². The van der Waals surface area contributed by atoms with Gasteiger partial charge in [0, 0.05) is 48.4 Å². The van der Waals surface area contributed by atoms with Crippen LogP contribution in [-0.2, 0) is 12.0 Å². The maximum Gasteiger partial charge on any atom is 0.251 e. The van der Waals surface area contributed by atoms with Crippen LogP contribution in [0.15, 0.2) is 61.3 Å². The van der Waals surface area contributed by atoms with Gasteiger partial charge in [0.05, 0.1) is 28.5 Å². The second-order valence-corrected chi connectivity index (χ2v) is 9.58. The average Bonchev–Trinajstić information content (AvgIpc) is 3.32. The smallest absolute Gasteiger partial charge is 0.251 e. The molecule has 1 amide bonds. The number of anilines is 1. The number of carbonyl (C=O) groups excluding carboxylic acids is 1. The predicted molar refractivity (Wildman–Crippen MR) is 141 cm³/mol. The summed E-state index contributed by atoms with van der Waals surface area (Å²) >= 11 is 0. The molecular formula is C27H28N8O. The van der Waals surface area contributed by atoms with E-state index in [2.05, 4.69) is 62.5 Å². The SMILES string of the molecule is CNC(=O)c1ccnc2c(CCNc3cc(-c4cnc5c(cnn5C(C)(C)C)c4)ncn3)cccc12. The van der Waals surface area contributed by atoms with E-state index >= 15 is 0 Å². The summed E-state index contributed by atoms with van der Waals surface area (Å²) < 4.78 is 1.93. The van der Waals surface area contributed by atoms with Crippen molar-refractivity contribution in [1.82, 2.24) is 35.0 Å². The first-order valence-electron chi connectivity index (χ1n) is 11.8. The summed E-state index contributed by atoms with van der Waals surface area (Å²) in [5.41, 5.74) is 4.91. The number of nitrogens with zero attached hydrogens (tertiary/aromatic N) is 6. The highest BCUT2D eigenvalue weighted by molar-refractivity contribution is 6.06. The van der Waals surface area contributed by atoms with E-state index in [9.17, 15) is 4.79 Å². The molecule has 0 bridgehead atoms.